The van der Waals surface area contributed by atoms with Gasteiger partial charge in [-0.1, -0.05) is 244 Å². The molecule has 12 atom stereocenters. The largest absolute Gasteiger partial charge is 0.394 e. The van der Waals surface area contributed by atoms with Gasteiger partial charge in [-0.15, -0.1) is 0 Å². The van der Waals surface area contributed by atoms with Gasteiger partial charge in [0.1, 0.15) is 48.8 Å². The molecule has 14 heteroatoms. The highest BCUT2D eigenvalue weighted by Gasteiger charge is 2.51. The molecule has 2 aliphatic rings. The van der Waals surface area contributed by atoms with Crippen molar-refractivity contribution in [1.29, 1.82) is 0 Å². The maximum atomic E-state index is 13.3. The lowest BCUT2D eigenvalue weighted by molar-refractivity contribution is -0.359. The molecule has 12 unspecified atom stereocenters. The van der Waals surface area contributed by atoms with Crippen LogP contribution in [-0.2, 0) is 23.7 Å². The minimum absolute atomic E-state index is 0.206. The van der Waals surface area contributed by atoms with Gasteiger partial charge in [0.15, 0.2) is 12.6 Å². The van der Waals surface area contributed by atoms with Crippen molar-refractivity contribution in [3.63, 3.8) is 0 Å². The fourth-order valence-corrected chi connectivity index (χ4v) is 10.6. The zero-order valence-electron chi connectivity index (χ0n) is 48.3. The first-order valence-corrected chi connectivity index (χ1v) is 31.6. The van der Waals surface area contributed by atoms with E-state index in [-0.39, 0.29) is 12.5 Å². The second-order valence-electron chi connectivity index (χ2n) is 22.5. The molecule has 76 heavy (non-hydrogen) atoms. The Morgan fingerprint density at radius 3 is 1.32 bits per heavy atom. The van der Waals surface area contributed by atoms with Crippen LogP contribution in [0.4, 0.5) is 0 Å². The van der Waals surface area contributed by atoms with Crippen molar-refractivity contribution < 1.29 is 64.6 Å². The number of hydrogen-bond acceptors (Lipinski definition) is 13. The van der Waals surface area contributed by atoms with Crippen LogP contribution < -0.4 is 5.32 Å². The maximum Gasteiger partial charge on any atom is 0.220 e. The molecular weight excluding hydrogens is 967 g/mol. The predicted molar refractivity (Wildman–Crippen MR) is 305 cm³/mol. The van der Waals surface area contributed by atoms with Gasteiger partial charge in [0.05, 0.1) is 32.0 Å². The lowest BCUT2D eigenvalue weighted by Gasteiger charge is -2.46. The molecule has 2 aliphatic heterocycles. The Morgan fingerprint density at radius 2 is 0.868 bits per heavy atom. The summed E-state index contributed by atoms with van der Waals surface area (Å²) in [6.45, 7) is 2.88. The first kappa shape index (κ1) is 70.6. The molecule has 0 bridgehead atoms. The van der Waals surface area contributed by atoms with Gasteiger partial charge >= 0.3 is 0 Å². The third kappa shape index (κ3) is 33.3. The number of nitrogens with one attached hydrogen (secondary N) is 1. The molecule has 9 N–H and O–H groups in total. The molecule has 448 valence electrons. The Hall–Kier alpha value is -1.53. The lowest BCUT2D eigenvalue weighted by Crippen LogP contribution is -2.65. The quantitative estimate of drug-likeness (QED) is 0.0204. The summed E-state index contributed by atoms with van der Waals surface area (Å²) in [6.07, 6.45) is 40.3. The van der Waals surface area contributed by atoms with E-state index in [9.17, 15) is 45.6 Å². The number of rotatable bonds is 51. The standard InChI is InChI=1S/C62H117NO13/c1-3-5-7-9-11-13-15-17-19-21-23-24-25-26-28-30-32-34-36-38-40-42-44-46-54(67)63-50(51(66)45-43-41-39-37-35-33-31-29-27-22-20-18-16-14-12-10-8-6-4-2)49-73-61-59(72)57(70)60(53(48-65)75-61)76-62-58(71)56(69)55(68)52(47-64)74-62/h15,17,21,23,50-53,55-62,64-66,68-72H,3-14,16,18-20,22,24-49H2,1-2H3,(H,63,67)/b17-15-,23-21-. The van der Waals surface area contributed by atoms with E-state index in [4.69, 9.17) is 18.9 Å². The summed E-state index contributed by atoms with van der Waals surface area (Å²) in [7, 11) is 0. The van der Waals surface area contributed by atoms with Gasteiger partial charge in [0.25, 0.3) is 0 Å². The second-order valence-corrected chi connectivity index (χ2v) is 22.5. The van der Waals surface area contributed by atoms with E-state index in [1.807, 2.05) is 0 Å². The SMILES string of the molecule is CCCCCCC/C=C\C/C=C\CCCCCCCCCCCCCC(=O)NC(COC1OC(CO)C(OC2OC(CO)C(O)C(O)C2O)C(O)C1O)C(O)CCCCCCCCCCCCCCCCCCCCC. The smallest absolute Gasteiger partial charge is 0.220 e. The highest BCUT2D eigenvalue weighted by Crippen LogP contribution is 2.30. The summed E-state index contributed by atoms with van der Waals surface area (Å²) < 4.78 is 22.9. The van der Waals surface area contributed by atoms with Crippen LogP contribution in [0.3, 0.4) is 0 Å². The van der Waals surface area contributed by atoms with E-state index in [2.05, 4.69) is 43.5 Å². The number of hydrogen-bond donors (Lipinski definition) is 9. The molecule has 0 aliphatic carbocycles. The summed E-state index contributed by atoms with van der Waals surface area (Å²) >= 11 is 0. The molecule has 2 fully saturated rings. The topological polar surface area (TPSA) is 228 Å². The van der Waals surface area contributed by atoms with E-state index in [0.29, 0.717) is 12.8 Å². The zero-order valence-corrected chi connectivity index (χ0v) is 48.3. The molecule has 0 aromatic carbocycles. The van der Waals surface area contributed by atoms with Crippen molar-refractivity contribution >= 4 is 5.91 Å². The number of amides is 1. The van der Waals surface area contributed by atoms with Crippen molar-refractivity contribution in [2.75, 3.05) is 19.8 Å². The maximum absolute atomic E-state index is 13.3. The Morgan fingerprint density at radius 1 is 0.474 bits per heavy atom. The van der Waals surface area contributed by atoms with Crippen LogP contribution in [0.1, 0.15) is 271 Å². The first-order chi connectivity index (χ1) is 37.1. The van der Waals surface area contributed by atoms with E-state index in [1.165, 1.54) is 186 Å². The van der Waals surface area contributed by atoms with Crippen molar-refractivity contribution in [1.82, 2.24) is 5.32 Å². The number of aliphatic hydroxyl groups excluding tert-OH is 8. The third-order valence-corrected chi connectivity index (χ3v) is 15.7. The van der Waals surface area contributed by atoms with Crippen LogP contribution in [-0.4, -0.2) is 140 Å². The average molecular weight is 1080 g/mol. The summed E-state index contributed by atoms with van der Waals surface area (Å²) in [5.74, 6) is -0.206. The van der Waals surface area contributed by atoms with Crippen molar-refractivity contribution in [2.24, 2.45) is 0 Å². The monoisotopic (exact) mass is 1080 g/mol. The van der Waals surface area contributed by atoms with Crippen LogP contribution in [0.5, 0.6) is 0 Å². The normalized spacial score (nSPS) is 25.0. The molecule has 0 saturated carbocycles. The number of carbonyl (C=O) groups is 1. The Labute approximate surface area is 462 Å². The second kappa shape index (κ2) is 48.2. The zero-order chi connectivity index (χ0) is 55.3. The fraction of sp³-hybridized carbons (Fsp3) is 0.919. The Bertz CT molecular complexity index is 1370. The minimum atomic E-state index is -1.78. The van der Waals surface area contributed by atoms with Crippen molar-refractivity contribution in [3.05, 3.63) is 24.3 Å². The molecule has 0 aromatic heterocycles. The molecule has 2 rings (SSSR count). The fourth-order valence-electron chi connectivity index (χ4n) is 10.6. The molecule has 1 amide bonds. The Kier molecular flexibility index (Phi) is 44.8. The van der Waals surface area contributed by atoms with Gasteiger partial charge in [-0.3, -0.25) is 4.79 Å². The molecule has 0 spiro atoms. The molecule has 2 saturated heterocycles. The molecule has 0 radical (unpaired) electrons. The van der Waals surface area contributed by atoms with Crippen LogP contribution in [0.2, 0.25) is 0 Å². The molecule has 14 nitrogen and oxygen atoms in total. The van der Waals surface area contributed by atoms with Gasteiger partial charge in [-0.2, -0.15) is 0 Å². The van der Waals surface area contributed by atoms with E-state index < -0.39 is 86.8 Å². The van der Waals surface area contributed by atoms with Crippen molar-refractivity contribution in [2.45, 2.75) is 344 Å². The highest BCUT2D eigenvalue weighted by molar-refractivity contribution is 5.76. The van der Waals surface area contributed by atoms with Gasteiger partial charge < -0.3 is 65.1 Å². The number of carbonyl (C=O) groups excluding carboxylic acids is 1. The summed E-state index contributed by atoms with van der Waals surface area (Å²) in [6, 6.07) is -0.829. The molecule has 2 heterocycles. The van der Waals surface area contributed by atoms with E-state index in [0.717, 1.165) is 57.8 Å². The van der Waals surface area contributed by atoms with Gasteiger partial charge in [0.2, 0.25) is 5.91 Å². The number of aliphatic hydroxyl groups is 8. The Balaban J connectivity index is 1.73. The van der Waals surface area contributed by atoms with Gasteiger partial charge in [-0.25, -0.2) is 0 Å². The molecular formula is C62H117NO13. The number of allylic oxidation sites excluding steroid dienone is 4. The first-order valence-electron chi connectivity index (χ1n) is 31.6. The summed E-state index contributed by atoms with van der Waals surface area (Å²) in [5.41, 5.74) is 0. The van der Waals surface area contributed by atoms with Crippen LogP contribution in [0.25, 0.3) is 0 Å². The predicted octanol–water partition coefficient (Wildman–Crippen LogP) is 11.2. The third-order valence-electron chi connectivity index (χ3n) is 15.7. The van der Waals surface area contributed by atoms with E-state index in [1.54, 1.807) is 0 Å². The van der Waals surface area contributed by atoms with Gasteiger partial charge in [-0.05, 0) is 44.9 Å². The minimum Gasteiger partial charge on any atom is -0.394 e. The van der Waals surface area contributed by atoms with Crippen LogP contribution in [0.15, 0.2) is 24.3 Å². The van der Waals surface area contributed by atoms with Crippen LogP contribution >= 0.6 is 0 Å². The summed E-state index contributed by atoms with van der Waals surface area (Å²) in [4.78, 5) is 13.3. The lowest BCUT2D eigenvalue weighted by atomic mass is 9.97. The van der Waals surface area contributed by atoms with E-state index >= 15 is 0 Å². The summed E-state index contributed by atoms with van der Waals surface area (Å²) in [5, 5.41) is 87.4. The van der Waals surface area contributed by atoms with Gasteiger partial charge in [0, 0.05) is 6.42 Å². The highest BCUT2D eigenvalue weighted by atomic mass is 16.7. The number of unbranched alkanes of at least 4 members (excludes halogenated alkanes) is 34. The van der Waals surface area contributed by atoms with Crippen LogP contribution in [0, 0.1) is 0 Å². The average Bonchev–Trinajstić information content (AvgIpc) is 3.42. The molecule has 0 aromatic rings. The van der Waals surface area contributed by atoms with Crippen molar-refractivity contribution in [3.8, 4) is 0 Å². The number of ether oxygens (including phenoxy) is 4.